The van der Waals surface area contributed by atoms with Crippen molar-refractivity contribution in [3.8, 4) is 0 Å². The van der Waals surface area contributed by atoms with E-state index in [4.69, 9.17) is 18.0 Å². The molecule has 4 nitrogen and oxygen atoms in total. The van der Waals surface area contributed by atoms with Crippen LogP contribution in [0, 0.1) is 0 Å². The van der Waals surface area contributed by atoms with Crippen LogP contribution in [0.5, 0.6) is 0 Å². The Morgan fingerprint density at radius 1 is 1.44 bits per heavy atom. The van der Waals surface area contributed by atoms with E-state index >= 15 is 0 Å². The molecule has 0 saturated heterocycles. The van der Waals surface area contributed by atoms with Crippen LogP contribution >= 0.6 is 12.2 Å². The van der Waals surface area contributed by atoms with E-state index < -0.39 is 0 Å². The van der Waals surface area contributed by atoms with E-state index in [9.17, 15) is 4.79 Å². The molecule has 0 spiro atoms. The number of hydrogen-bond donors (Lipinski definition) is 2. The van der Waals surface area contributed by atoms with Gasteiger partial charge < -0.3 is 11.1 Å². The highest BCUT2D eigenvalue weighted by molar-refractivity contribution is 7.80. The van der Waals surface area contributed by atoms with Crippen molar-refractivity contribution in [2.75, 3.05) is 19.6 Å². The van der Waals surface area contributed by atoms with Crippen molar-refractivity contribution >= 4 is 23.1 Å². The van der Waals surface area contributed by atoms with Crippen LogP contribution in [0.2, 0.25) is 0 Å². The quantitative estimate of drug-likeness (QED) is 0.683. The second-order valence-corrected chi connectivity index (χ2v) is 5.41. The molecular weight excluding hydrogens is 222 g/mol. The number of rotatable bonds is 6. The van der Waals surface area contributed by atoms with Gasteiger partial charge in [-0.25, -0.2) is 0 Å². The van der Waals surface area contributed by atoms with Crippen LogP contribution in [0.25, 0.3) is 0 Å². The minimum Gasteiger partial charge on any atom is -0.393 e. The Kier molecular flexibility index (Phi) is 6.52. The minimum atomic E-state index is -0.181. The van der Waals surface area contributed by atoms with Gasteiger partial charge in [-0.1, -0.05) is 19.1 Å². The molecule has 0 aromatic heterocycles. The van der Waals surface area contributed by atoms with E-state index in [0.717, 1.165) is 13.1 Å². The zero-order valence-corrected chi connectivity index (χ0v) is 11.5. The van der Waals surface area contributed by atoms with E-state index in [-0.39, 0.29) is 11.4 Å². The van der Waals surface area contributed by atoms with Crippen LogP contribution in [-0.2, 0) is 4.79 Å². The van der Waals surface area contributed by atoms with Gasteiger partial charge in [0, 0.05) is 18.5 Å². The van der Waals surface area contributed by atoms with Crippen LogP contribution in [0.15, 0.2) is 0 Å². The van der Waals surface area contributed by atoms with Gasteiger partial charge in [0.15, 0.2) is 0 Å². The van der Waals surface area contributed by atoms with Gasteiger partial charge >= 0.3 is 0 Å². The van der Waals surface area contributed by atoms with Crippen LogP contribution in [0.1, 0.15) is 34.1 Å². The number of nitrogens with two attached hydrogens (primary N) is 1. The van der Waals surface area contributed by atoms with Crippen molar-refractivity contribution in [1.82, 2.24) is 10.2 Å². The van der Waals surface area contributed by atoms with Gasteiger partial charge in [-0.3, -0.25) is 9.69 Å². The average Bonchev–Trinajstić information content (AvgIpc) is 2.08. The lowest BCUT2D eigenvalue weighted by molar-refractivity contribution is -0.123. The summed E-state index contributed by atoms with van der Waals surface area (Å²) in [7, 11) is 0. The molecule has 0 aliphatic rings. The standard InChI is InChI=1S/C11H23N3OS/c1-5-14(7-6-9(12)16)8-10(15)13-11(2,3)4/h5-8H2,1-4H3,(H2,12,16)(H,13,15). The Bertz CT molecular complexity index is 248. The first kappa shape index (κ1) is 15.3. The van der Waals surface area contributed by atoms with E-state index in [0.29, 0.717) is 18.0 Å². The van der Waals surface area contributed by atoms with Crippen molar-refractivity contribution in [1.29, 1.82) is 0 Å². The SMILES string of the molecule is CCN(CCC(N)=S)CC(=O)NC(C)(C)C. The summed E-state index contributed by atoms with van der Waals surface area (Å²) in [5.41, 5.74) is 5.25. The third-order valence-electron chi connectivity index (χ3n) is 2.00. The van der Waals surface area contributed by atoms with Gasteiger partial charge in [0.25, 0.3) is 0 Å². The molecule has 0 aromatic rings. The lowest BCUT2D eigenvalue weighted by atomic mass is 10.1. The Hall–Kier alpha value is -0.680. The highest BCUT2D eigenvalue weighted by atomic mass is 32.1. The van der Waals surface area contributed by atoms with E-state index in [1.165, 1.54) is 0 Å². The topological polar surface area (TPSA) is 58.4 Å². The molecule has 0 heterocycles. The number of nitrogens with zero attached hydrogens (tertiary/aromatic N) is 1. The molecule has 16 heavy (non-hydrogen) atoms. The average molecular weight is 245 g/mol. The van der Waals surface area contributed by atoms with Crippen molar-refractivity contribution in [2.45, 2.75) is 39.7 Å². The van der Waals surface area contributed by atoms with Gasteiger partial charge in [-0.2, -0.15) is 0 Å². The summed E-state index contributed by atoms with van der Waals surface area (Å²) in [6, 6.07) is 0. The maximum atomic E-state index is 11.7. The molecule has 0 aliphatic heterocycles. The number of thiocarbonyl (C=S) groups is 1. The summed E-state index contributed by atoms with van der Waals surface area (Å²) in [6.07, 6.45) is 0.659. The molecule has 3 N–H and O–H groups in total. The molecule has 0 aromatic carbocycles. The van der Waals surface area contributed by atoms with Crippen LogP contribution in [0.3, 0.4) is 0 Å². The first-order chi connectivity index (χ1) is 7.24. The predicted molar refractivity (Wildman–Crippen MR) is 71.4 cm³/mol. The summed E-state index contributed by atoms with van der Waals surface area (Å²) >= 11 is 4.81. The van der Waals surface area contributed by atoms with Crippen molar-refractivity contribution < 1.29 is 4.79 Å². The maximum absolute atomic E-state index is 11.7. The first-order valence-electron chi connectivity index (χ1n) is 5.56. The Morgan fingerprint density at radius 3 is 2.38 bits per heavy atom. The number of carbonyl (C=O) groups excluding carboxylic acids is 1. The molecule has 0 unspecified atom stereocenters. The Balaban J connectivity index is 4.02. The summed E-state index contributed by atoms with van der Waals surface area (Å²) in [5, 5.41) is 2.93. The number of likely N-dealkylation sites (N-methyl/N-ethyl adjacent to an activating group) is 1. The molecule has 0 rings (SSSR count). The molecule has 0 saturated carbocycles. The second kappa shape index (κ2) is 6.81. The molecule has 5 heteroatoms. The van der Waals surface area contributed by atoms with Crippen LogP contribution in [-0.4, -0.2) is 41.0 Å². The number of amides is 1. The van der Waals surface area contributed by atoms with Gasteiger partial charge in [0.2, 0.25) is 5.91 Å². The molecule has 1 amide bonds. The zero-order chi connectivity index (χ0) is 12.8. The van der Waals surface area contributed by atoms with Crippen molar-refractivity contribution in [3.05, 3.63) is 0 Å². The summed E-state index contributed by atoms with van der Waals surface area (Å²) in [4.78, 5) is 14.2. The highest BCUT2D eigenvalue weighted by Gasteiger charge is 2.15. The predicted octanol–water partition coefficient (Wildman–Crippen LogP) is 0.899. The fourth-order valence-corrected chi connectivity index (χ4v) is 1.37. The Morgan fingerprint density at radius 2 is 2.00 bits per heavy atom. The van der Waals surface area contributed by atoms with Gasteiger partial charge in [0.05, 0.1) is 11.5 Å². The van der Waals surface area contributed by atoms with E-state index in [2.05, 4.69) is 5.32 Å². The van der Waals surface area contributed by atoms with E-state index in [1.54, 1.807) is 0 Å². The molecule has 0 radical (unpaired) electrons. The van der Waals surface area contributed by atoms with Gasteiger partial charge in [-0.15, -0.1) is 0 Å². The molecule has 0 atom stereocenters. The van der Waals surface area contributed by atoms with Crippen molar-refractivity contribution in [3.63, 3.8) is 0 Å². The third kappa shape index (κ3) is 8.61. The van der Waals surface area contributed by atoms with Crippen molar-refractivity contribution in [2.24, 2.45) is 5.73 Å². The molecule has 94 valence electrons. The molecular formula is C11H23N3OS. The summed E-state index contributed by atoms with van der Waals surface area (Å²) in [6.45, 7) is 9.88. The van der Waals surface area contributed by atoms with Gasteiger partial charge in [-0.05, 0) is 27.3 Å². The number of hydrogen-bond acceptors (Lipinski definition) is 3. The van der Waals surface area contributed by atoms with Crippen LogP contribution in [0.4, 0.5) is 0 Å². The number of carbonyl (C=O) groups is 1. The van der Waals surface area contributed by atoms with Gasteiger partial charge in [0.1, 0.15) is 0 Å². The molecule has 0 fully saturated rings. The first-order valence-corrected chi connectivity index (χ1v) is 5.97. The second-order valence-electron chi connectivity index (χ2n) is 4.88. The monoisotopic (exact) mass is 245 g/mol. The lowest BCUT2D eigenvalue weighted by Crippen LogP contribution is -2.46. The van der Waals surface area contributed by atoms with Crippen LogP contribution < -0.4 is 11.1 Å². The third-order valence-corrected chi connectivity index (χ3v) is 2.21. The zero-order valence-electron chi connectivity index (χ0n) is 10.7. The fourth-order valence-electron chi connectivity index (χ4n) is 1.28. The summed E-state index contributed by atoms with van der Waals surface area (Å²) in [5.74, 6) is 0.0392. The number of nitrogens with one attached hydrogen (secondary N) is 1. The normalized spacial score (nSPS) is 11.6. The lowest BCUT2D eigenvalue weighted by Gasteiger charge is -2.24. The molecule has 0 bridgehead atoms. The largest absolute Gasteiger partial charge is 0.393 e. The van der Waals surface area contributed by atoms with E-state index in [1.807, 2.05) is 32.6 Å². The Labute approximate surface area is 104 Å². The minimum absolute atomic E-state index is 0.0392. The fraction of sp³-hybridized carbons (Fsp3) is 0.818. The highest BCUT2D eigenvalue weighted by Crippen LogP contribution is 1.99. The molecule has 0 aliphatic carbocycles. The maximum Gasteiger partial charge on any atom is 0.234 e. The summed E-state index contributed by atoms with van der Waals surface area (Å²) < 4.78 is 0. The smallest absolute Gasteiger partial charge is 0.234 e.